The van der Waals surface area contributed by atoms with Gasteiger partial charge in [0.1, 0.15) is 0 Å². The molecule has 1 aromatic rings. The quantitative estimate of drug-likeness (QED) is 0.842. The van der Waals surface area contributed by atoms with E-state index in [0.29, 0.717) is 18.5 Å². The van der Waals surface area contributed by atoms with Gasteiger partial charge in [-0.25, -0.2) is 0 Å². The van der Waals surface area contributed by atoms with E-state index in [1.807, 2.05) is 19.2 Å². The molecule has 0 atom stereocenters. The molecular weight excluding hydrogens is 226 g/mol. The molecule has 2 rings (SSSR count). The van der Waals surface area contributed by atoms with Crippen LogP contribution in [0.15, 0.2) is 24.5 Å². The van der Waals surface area contributed by atoms with Crippen molar-refractivity contribution in [2.45, 2.75) is 44.2 Å². The Morgan fingerprint density at radius 2 is 1.83 bits per heavy atom. The second-order valence-electron chi connectivity index (χ2n) is 4.94. The molecule has 18 heavy (non-hydrogen) atoms. The third-order valence-electron chi connectivity index (χ3n) is 3.61. The number of hydrogen-bond donors (Lipinski definition) is 2. The van der Waals surface area contributed by atoms with E-state index >= 15 is 0 Å². The molecule has 2 N–H and O–H groups in total. The maximum absolute atomic E-state index is 11.9. The van der Waals surface area contributed by atoms with Gasteiger partial charge in [0.25, 0.3) is 0 Å². The molecule has 1 heterocycles. The predicted octanol–water partition coefficient (Wildman–Crippen LogP) is 1.27. The number of carbonyl (C=O) groups is 1. The molecule has 1 amide bonds. The zero-order chi connectivity index (χ0) is 12.8. The number of amides is 1. The van der Waals surface area contributed by atoms with Crippen LogP contribution in [0, 0.1) is 0 Å². The van der Waals surface area contributed by atoms with E-state index in [9.17, 15) is 4.79 Å². The largest absolute Gasteiger partial charge is 0.353 e. The lowest BCUT2D eigenvalue weighted by Crippen LogP contribution is -2.41. The maximum atomic E-state index is 11.9. The summed E-state index contributed by atoms with van der Waals surface area (Å²) in [6.45, 7) is 0. The molecule has 0 radical (unpaired) electrons. The second kappa shape index (κ2) is 6.50. The first kappa shape index (κ1) is 13.0. The van der Waals surface area contributed by atoms with Crippen LogP contribution in [0.3, 0.4) is 0 Å². The Balaban J connectivity index is 1.75. The van der Waals surface area contributed by atoms with Crippen LogP contribution in [0.5, 0.6) is 0 Å². The summed E-state index contributed by atoms with van der Waals surface area (Å²) in [6.07, 6.45) is 8.35. The first-order chi connectivity index (χ1) is 8.78. The van der Waals surface area contributed by atoms with Gasteiger partial charge in [-0.05, 0) is 50.4 Å². The summed E-state index contributed by atoms with van der Waals surface area (Å²) in [7, 11) is 2.01. The first-order valence-electron chi connectivity index (χ1n) is 6.63. The van der Waals surface area contributed by atoms with Crippen molar-refractivity contribution in [1.29, 1.82) is 0 Å². The van der Waals surface area contributed by atoms with Crippen LogP contribution < -0.4 is 10.6 Å². The summed E-state index contributed by atoms with van der Waals surface area (Å²) in [4.78, 5) is 15.8. The number of carbonyl (C=O) groups excluding carboxylic acids is 1. The van der Waals surface area contributed by atoms with Crippen LogP contribution in [0.25, 0.3) is 0 Å². The average molecular weight is 247 g/mol. The summed E-state index contributed by atoms with van der Waals surface area (Å²) in [5, 5.41) is 6.42. The third kappa shape index (κ3) is 3.81. The molecule has 0 unspecified atom stereocenters. The highest BCUT2D eigenvalue weighted by atomic mass is 16.1. The third-order valence-corrected chi connectivity index (χ3v) is 3.61. The van der Waals surface area contributed by atoms with Gasteiger partial charge in [-0.15, -0.1) is 0 Å². The summed E-state index contributed by atoms with van der Waals surface area (Å²) >= 11 is 0. The molecule has 1 aromatic heterocycles. The lowest BCUT2D eigenvalue weighted by molar-refractivity contribution is -0.121. The molecule has 0 saturated heterocycles. The van der Waals surface area contributed by atoms with Crippen molar-refractivity contribution in [2.75, 3.05) is 7.05 Å². The standard InChI is InChI=1S/C14H21N3O/c1-15-12-2-4-13(5-3-12)17-14(18)10-11-6-8-16-9-7-11/h6-9,12-13,15H,2-5,10H2,1H3,(H,17,18). The van der Waals surface area contributed by atoms with E-state index in [4.69, 9.17) is 0 Å². The Morgan fingerprint density at radius 3 is 2.44 bits per heavy atom. The highest BCUT2D eigenvalue weighted by Crippen LogP contribution is 2.18. The fourth-order valence-corrected chi connectivity index (χ4v) is 2.49. The number of nitrogens with one attached hydrogen (secondary N) is 2. The SMILES string of the molecule is CNC1CCC(NC(=O)Cc2ccncc2)CC1. The normalized spacial score (nSPS) is 23.6. The van der Waals surface area contributed by atoms with Gasteiger partial charge < -0.3 is 10.6 Å². The van der Waals surface area contributed by atoms with Crippen molar-refractivity contribution < 1.29 is 4.79 Å². The predicted molar refractivity (Wildman–Crippen MR) is 71.2 cm³/mol. The smallest absolute Gasteiger partial charge is 0.224 e. The molecule has 1 saturated carbocycles. The van der Waals surface area contributed by atoms with Crippen molar-refractivity contribution in [3.8, 4) is 0 Å². The molecule has 1 fully saturated rings. The van der Waals surface area contributed by atoms with Gasteiger partial charge in [0.05, 0.1) is 6.42 Å². The Labute approximate surface area is 108 Å². The minimum atomic E-state index is 0.120. The van der Waals surface area contributed by atoms with Crippen LogP contribution in [0.2, 0.25) is 0 Å². The lowest BCUT2D eigenvalue weighted by atomic mass is 9.91. The van der Waals surface area contributed by atoms with Crippen molar-refractivity contribution in [3.63, 3.8) is 0 Å². The van der Waals surface area contributed by atoms with E-state index in [-0.39, 0.29) is 5.91 Å². The van der Waals surface area contributed by atoms with Gasteiger partial charge in [0, 0.05) is 24.5 Å². The van der Waals surface area contributed by atoms with Gasteiger partial charge in [-0.2, -0.15) is 0 Å². The molecule has 1 aliphatic rings. The molecular formula is C14H21N3O. The second-order valence-corrected chi connectivity index (χ2v) is 4.94. The number of hydrogen-bond acceptors (Lipinski definition) is 3. The van der Waals surface area contributed by atoms with E-state index in [1.165, 1.54) is 0 Å². The highest BCUT2D eigenvalue weighted by Gasteiger charge is 2.21. The van der Waals surface area contributed by atoms with Crippen LogP contribution in [-0.4, -0.2) is 30.0 Å². The zero-order valence-corrected chi connectivity index (χ0v) is 10.9. The monoisotopic (exact) mass is 247 g/mol. The first-order valence-corrected chi connectivity index (χ1v) is 6.63. The zero-order valence-electron chi connectivity index (χ0n) is 10.9. The average Bonchev–Trinajstić information content (AvgIpc) is 2.40. The Bertz CT molecular complexity index is 372. The molecule has 1 aliphatic carbocycles. The Hall–Kier alpha value is -1.42. The molecule has 0 bridgehead atoms. The lowest BCUT2D eigenvalue weighted by Gasteiger charge is -2.28. The topological polar surface area (TPSA) is 54.0 Å². The molecule has 0 spiro atoms. The van der Waals surface area contributed by atoms with E-state index in [1.54, 1.807) is 12.4 Å². The molecule has 0 aliphatic heterocycles. The summed E-state index contributed by atoms with van der Waals surface area (Å²) in [5.74, 6) is 0.120. The Morgan fingerprint density at radius 1 is 1.22 bits per heavy atom. The number of nitrogens with zero attached hydrogens (tertiary/aromatic N) is 1. The van der Waals surface area contributed by atoms with Crippen LogP contribution >= 0.6 is 0 Å². The van der Waals surface area contributed by atoms with Gasteiger partial charge in [0.15, 0.2) is 0 Å². The number of pyridine rings is 1. The molecule has 0 aromatic carbocycles. The maximum Gasteiger partial charge on any atom is 0.224 e. The van der Waals surface area contributed by atoms with Crippen LogP contribution in [0.4, 0.5) is 0 Å². The van der Waals surface area contributed by atoms with Crippen molar-refractivity contribution in [1.82, 2.24) is 15.6 Å². The molecule has 4 nitrogen and oxygen atoms in total. The van der Waals surface area contributed by atoms with Crippen molar-refractivity contribution in [2.24, 2.45) is 0 Å². The number of aromatic nitrogens is 1. The van der Waals surface area contributed by atoms with Crippen molar-refractivity contribution in [3.05, 3.63) is 30.1 Å². The van der Waals surface area contributed by atoms with Gasteiger partial charge in [-0.3, -0.25) is 9.78 Å². The fourth-order valence-electron chi connectivity index (χ4n) is 2.49. The summed E-state index contributed by atoms with van der Waals surface area (Å²) < 4.78 is 0. The van der Waals surface area contributed by atoms with Gasteiger partial charge in [-0.1, -0.05) is 0 Å². The van der Waals surface area contributed by atoms with E-state index < -0.39 is 0 Å². The van der Waals surface area contributed by atoms with Crippen molar-refractivity contribution >= 4 is 5.91 Å². The minimum absolute atomic E-state index is 0.120. The van der Waals surface area contributed by atoms with Gasteiger partial charge >= 0.3 is 0 Å². The summed E-state index contributed by atoms with van der Waals surface area (Å²) in [6, 6.07) is 4.75. The highest BCUT2D eigenvalue weighted by molar-refractivity contribution is 5.78. The molecule has 98 valence electrons. The van der Waals surface area contributed by atoms with Gasteiger partial charge in [0.2, 0.25) is 5.91 Å². The summed E-state index contributed by atoms with van der Waals surface area (Å²) in [5.41, 5.74) is 1.02. The Kier molecular flexibility index (Phi) is 4.70. The molecule has 4 heteroatoms. The van der Waals surface area contributed by atoms with Crippen LogP contribution in [-0.2, 0) is 11.2 Å². The fraction of sp³-hybridized carbons (Fsp3) is 0.571. The van der Waals surface area contributed by atoms with E-state index in [2.05, 4.69) is 15.6 Å². The number of rotatable bonds is 4. The van der Waals surface area contributed by atoms with Crippen LogP contribution in [0.1, 0.15) is 31.2 Å². The minimum Gasteiger partial charge on any atom is -0.353 e. The van der Waals surface area contributed by atoms with E-state index in [0.717, 1.165) is 31.2 Å².